The summed E-state index contributed by atoms with van der Waals surface area (Å²) in [5, 5.41) is 0. The highest BCUT2D eigenvalue weighted by atomic mass is 16.5. The Labute approximate surface area is 106 Å². The number of hydrogen-bond acceptors (Lipinski definition) is 3. The van der Waals surface area contributed by atoms with Crippen molar-refractivity contribution in [3.63, 3.8) is 0 Å². The molecule has 1 saturated heterocycles. The maximum absolute atomic E-state index is 6.06. The van der Waals surface area contributed by atoms with Gasteiger partial charge in [-0.1, -0.05) is 13.8 Å². The normalized spacial score (nSPS) is 36.2. The molecule has 2 fully saturated rings. The second kappa shape index (κ2) is 5.25. The molecule has 2 rings (SSSR count). The van der Waals surface area contributed by atoms with E-state index in [9.17, 15) is 0 Å². The zero-order chi connectivity index (χ0) is 12.5. The third kappa shape index (κ3) is 2.51. The highest BCUT2D eigenvalue weighted by Crippen LogP contribution is 2.46. The van der Waals surface area contributed by atoms with Crippen molar-refractivity contribution in [3.8, 4) is 0 Å². The Hall–Kier alpha value is -0.120. The number of nitrogens with zero attached hydrogens (tertiary/aromatic N) is 1. The fourth-order valence-electron chi connectivity index (χ4n) is 3.51. The van der Waals surface area contributed by atoms with E-state index in [0.717, 1.165) is 18.4 Å². The smallest absolute Gasteiger partial charge is 0.0595 e. The molecule has 2 N–H and O–H groups in total. The Bertz CT molecular complexity index is 241. The molecule has 0 amide bonds. The summed E-state index contributed by atoms with van der Waals surface area (Å²) in [6.45, 7) is 7.83. The summed E-state index contributed by atoms with van der Waals surface area (Å²) in [4.78, 5) is 2.64. The highest BCUT2D eigenvalue weighted by molar-refractivity contribution is 5.05. The summed E-state index contributed by atoms with van der Waals surface area (Å²) in [6.07, 6.45) is 5.43. The lowest BCUT2D eigenvalue weighted by Crippen LogP contribution is -2.64. The van der Waals surface area contributed by atoms with Crippen LogP contribution in [-0.2, 0) is 4.74 Å². The molecule has 1 aliphatic carbocycles. The molecule has 2 aliphatic rings. The second-order valence-corrected chi connectivity index (χ2v) is 6.26. The van der Waals surface area contributed by atoms with Crippen LogP contribution in [0.2, 0.25) is 0 Å². The van der Waals surface area contributed by atoms with Gasteiger partial charge in [0.15, 0.2) is 0 Å². The van der Waals surface area contributed by atoms with Gasteiger partial charge in [0.25, 0.3) is 0 Å². The van der Waals surface area contributed by atoms with Crippen LogP contribution in [0.1, 0.15) is 39.5 Å². The molecule has 1 heterocycles. The number of rotatable bonds is 4. The van der Waals surface area contributed by atoms with Gasteiger partial charge in [-0.05, 0) is 37.5 Å². The third-order valence-electron chi connectivity index (χ3n) is 5.05. The van der Waals surface area contributed by atoms with Gasteiger partial charge in [0.05, 0.1) is 6.10 Å². The van der Waals surface area contributed by atoms with E-state index >= 15 is 0 Å². The number of methoxy groups -OCH3 is 1. The lowest BCUT2D eigenvalue weighted by molar-refractivity contribution is -0.0677. The Balaban J connectivity index is 1.88. The van der Waals surface area contributed by atoms with Crippen molar-refractivity contribution in [1.29, 1.82) is 0 Å². The van der Waals surface area contributed by atoms with Crippen LogP contribution in [0, 0.1) is 11.8 Å². The van der Waals surface area contributed by atoms with Gasteiger partial charge in [0, 0.05) is 32.3 Å². The molecule has 0 bridgehead atoms. The Morgan fingerprint density at radius 2 is 1.88 bits per heavy atom. The molecule has 1 saturated carbocycles. The van der Waals surface area contributed by atoms with E-state index < -0.39 is 0 Å². The minimum absolute atomic E-state index is 0.327. The van der Waals surface area contributed by atoms with Crippen LogP contribution in [0.3, 0.4) is 0 Å². The molecule has 0 unspecified atom stereocenters. The number of piperidine rings is 1. The van der Waals surface area contributed by atoms with Crippen LogP contribution in [0.15, 0.2) is 0 Å². The molecule has 0 spiro atoms. The van der Waals surface area contributed by atoms with Crippen LogP contribution >= 0.6 is 0 Å². The maximum atomic E-state index is 6.06. The topological polar surface area (TPSA) is 38.5 Å². The quantitative estimate of drug-likeness (QED) is 0.815. The monoisotopic (exact) mass is 240 g/mol. The van der Waals surface area contributed by atoms with E-state index in [-0.39, 0.29) is 0 Å². The minimum atomic E-state index is 0.327. The van der Waals surface area contributed by atoms with Crippen LogP contribution in [0.5, 0.6) is 0 Å². The zero-order valence-electron chi connectivity index (χ0n) is 11.6. The Morgan fingerprint density at radius 3 is 2.29 bits per heavy atom. The van der Waals surface area contributed by atoms with Crippen LogP contribution < -0.4 is 5.73 Å². The van der Waals surface area contributed by atoms with E-state index in [2.05, 4.69) is 18.7 Å². The fraction of sp³-hybridized carbons (Fsp3) is 1.00. The van der Waals surface area contributed by atoms with Crippen molar-refractivity contribution in [2.24, 2.45) is 17.6 Å². The molecular formula is C14H28N2O. The summed E-state index contributed by atoms with van der Waals surface area (Å²) < 4.78 is 5.44. The van der Waals surface area contributed by atoms with Gasteiger partial charge in [-0.2, -0.15) is 0 Å². The average molecular weight is 240 g/mol. The van der Waals surface area contributed by atoms with E-state index in [1.54, 1.807) is 0 Å². The lowest BCUT2D eigenvalue weighted by Gasteiger charge is -2.57. The first-order chi connectivity index (χ1) is 8.11. The molecule has 3 heteroatoms. The largest absolute Gasteiger partial charge is 0.381 e. The van der Waals surface area contributed by atoms with Crippen LogP contribution in [0.4, 0.5) is 0 Å². The second-order valence-electron chi connectivity index (χ2n) is 6.26. The van der Waals surface area contributed by atoms with Crippen molar-refractivity contribution >= 4 is 0 Å². The molecule has 100 valence electrons. The Kier molecular flexibility index (Phi) is 4.11. The van der Waals surface area contributed by atoms with E-state index in [1.807, 2.05) is 7.11 Å². The van der Waals surface area contributed by atoms with E-state index in [4.69, 9.17) is 10.5 Å². The molecule has 1 aliphatic heterocycles. The SMILES string of the molecule is COC1CCN(C2(CN)CC(C(C)C)C2)CC1. The maximum Gasteiger partial charge on any atom is 0.0595 e. The first kappa shape index (κ1) is 13.3. The standard InChI is InChI=1S/C14H28N2O/c1-11(2)12-8-14(9-12,10-15)16-6-4-13(17-3)5-7-16/h11-13H,4-10,15H2,1-3H3. The summed E-state index contributed by atoms with van der Waals surface area (Å²) >= 11 is 0. The van der Waals surface area contributed by atoms with Gasteiger partial charge in [-0.15, -0.1) is 0 Å². The molecule has 0 aromatic carbocycles. The van der Waals surface area contributed by atoms with Gasteiger partial charge in [0.2, 0.25) is 0 Å². The third-order valence-corrected chi connectivity index (χ3v) is 5.05. The van der Waals surface area contributed by atoms with Gasteiger partial charge >= 0.3 is 0 Å². The summed E-state index contributed by atoms with van der Waals surface area (Å²) in [7, 11) is 1.83. The predicted octanol–water partition coefficient (Wildman–Crippen LogP) is 1.86. The minimum Gasteiger partial charge on any atom is -0.381 e. The molecule has 17 heavy (non-hydrogen) atoms. The van der Waals surface area contributed by atoms with Crippen molar-refractivity contribution < 1.29 is 4.74 Å². The zero-order valence-corrected chi connectivity index (χ0v) is 11.6. The first-order valence-electron chi connectivity index (χ1n) is 7.09. The van der Waals surface area contributed by atoms with E-state index in [0.29, 0.717) is 11.6 Å². The number of ether oxygens (including phenoxy) is 1. The predicted molar refractivity (Wildman–Crippen MR) is 71.0 cm³/mol. The van der Waals surface area contributed by atoms with Gasteiger partial charge in [-0.25, -0.2) is 0 Å². The average Bonchev–Trinajstić information content (AvgIpc) is 2.29. The van der Waals surface area contributed by atoms with Gasteiger partial charge in [-0.3, -0.25) is 4.90 Å². The van der Waals surface area contributed by atoms with Crippen molar-refractivity contribution in [2.45, 2.75) is 51.2 Å². The van der Waals surface area contributed by atoms with Crippen molar-refractivity contribution in [1.82, 2.24) is 4.90 Å². The fourth-order valence-corrected chi connectivity index (χ4v) is 3.51. The van der Waals surface area contributed by atoms with Crippen LogP contribution in [-0.4, -0.2) is 43.3 Å². The molecule has 3 nitrogen and oxygen atoms in total. The molecule has 0 aromatic rings. The molecule has 0 atom stereocenters. The summed E-state index contributed by atoms with van der Waals surface area (Å²) in [5.41, 5.74) is 6.38. The lowest BCUT2D eigenvalue weighted by atomic mass is 9.62. The molecule has 0 radical (unpaired) electrons. The van der Waals surface area contributed by atoms with E-state index in [1.165, 1.54) is 38.8 Å². The number of hydrogen-bond donors (Lipinski definition) is 1. The van der Waals surface area contributed by atoms with Crippen molar-refractivity contribution in [2.75, 3.05) is 26.7 Å². The first-order valence-corrected chi connectivity index (χ1v) is 7.09. The molecular weight excluding hydrogens is 212 g/mol. The summed E-state index contributed by atoms with van der Waals surface area (Å²) in [6, 6.07) is 0. The molecule has 0 aromatic heterocycles. The van der Waals surface area contributed by atoms with Crippen molar-refractivity contribution in [3.05, 3.63) is 0 Å². The van der Waals surface area contributed by atoms with Gasteiger partial charge in [0.1, 0.15) is 0 Å². The Morgan fingerprint density at radius 1 is 1.29 bits per heavy atom. The summed E-state index contributed by atoms with van der Waals surface area (Å²) in [5.74, 6) is 1.70. The van der Waals surface area contributed by atoms with Crippen LogP contribution in [0.25, 0.3) is 0 Å². The van der Waals surface area contributed by atoms with Gasteiger partial charge < -0.3 is 10.5 Å². The highest BCUT2D eigenvalue weighted by Gasteiger charge is 2.48. The number of nitrogens with two attached hydrogens (primary N) is 1. The number of likely N-dealkylation sites (tertiary alicyclic amines) is 1.